The molecule has 1 atom stereocenters. The average Bonchev–Trinajstić information content (AvgIpc) is 3.04. The Morgan fingerprint density at radius 2 is 1.68 bits per heavy atom. The van der Waals surface area contributed by atoms with Gasteiger partial charge in [0.05, 0.1) is 16.5 Å². The number of ketones is 1. The van der Waals surface area contributed by atoms with Gasteiger partial charge in [0.2, 0.25) is 0 Å². The number of hydrogen-bond donors (Lipinski definition) is 1. The van der Waals surface area contributed by atoms with Crippen molar-refractivity contribution in [2.75, 3.05) is 4.90 Å². The molecule has 0 saturated carbocycles. The maximum atomic E-state index is 13.1. The molecule has 154 valence electrons. The van der Waals surface area contributed by atoms with Crippen LogP contribution < -0.4 is 4.90 Å². The highest BCUT2D eigenvalue weighted by Crippen LogP contribution is 2.42. The number of anilines is 1. The van der Waals surface area contributed by atoms with Crippen LogP contribution in [0, 0.1) is 17.0 Å². The van der Waals surface area contributed by atoms with Gasteiger partial charge < -0.3 is 5.11 Å². The number of amides is 1. The van der Waals surface area contributed by atoms with E-state index >= 15 is 0 Å². The van der Waals surface area contributed by atoms with Gasteiger partial charge in [0.1, 0.15) is 5.76 Å². The topological polar surface area (TPSA) is 101 Å². The molecule has 3 aromatic rings. The molecule has 0 bridgehead atoms. The third-order valence-electron chi connectivity index (χ3n) is 5.17. The molecule has 0 radical (unpaired) electrons. The molecule has 1 aliphatic rings. The lowest BCUT2D eigenvalue weighted by Gasteiger charge is -2.25. The fraction of sp³-hybridized carbons (Fsp3) is 0.0833. The molecule has 0 aliphatic carbocycles. The van der Waals surface area contributed by atoms with E-state index in [0.29, 0.717) is 16.8 Å². The molecule has 7 nitrogen and oxygen atoms in total. The molecule has 1 unspecified atom stereocenters. The summed E-state index contributed by atoms with van der Waals surface area (Å²) in [6, 6.07) is 20.2. The second-order valence-electron chi connectivity index (χ2n) is 7.23. The second-order valence-corrected chi connectivity index (χ2v) is 7.23. The van der Waals surface area contributed by atoms with E-state index in [1.54, 1.807) is 54.6 Å². The summed E-state index contributed by atoms with van der Waals surface area (Å²) in [5, 5.41) is 22.3. The van der Waals surface area contributed by atoms with Crippen molar-refractivity contribution in [3.05, 3.63) is 111 Å². The molecule has 1 heterocycles. The Labute approximate surface area is 178 Å². The van der Waals surface area contributed by atoms with Crippen molar-refractivity contribution in [2.24, 2.45) is 0 Å². The van der Waals surface area contributed by atoms with Gasteiger partial charge >= 0.3 is 0 Å². The average molecular weight is 414 g/mol. The molecule has 1 fully saturated rings. The van der Waals surface area contributed by atoms with Crippen LogP contribution >= 0.6 is 0 Å². The summed E-state index contributed by atoms with van der Waals surface area (Å²) in [5.41, 5.74) is 1.78. The summed E-state index contributed by atoms with van der Waals surface area (Å²) in [7, 11) is 0. The Morgan fingerprint density at radius 3 is 2.35 bits per heavy atom. The van der Waals surface area contributed by atoms with Crippen LogP contribution in [-0.4, -0.2) is 21.7 Å². The molecule has 1 saturated heterocycles. The summed E-state index contributed by atoms with van der Waals surface area (Å²) < 4.78 is 0. The van der Waals surface area contributed by atoms with E-state index in [9.17, 15) is 24.8 Å². The number of Topliss-reactive ketones (excluding diaryl/α,β-unsaturated/α-hetero) is 1. The highest BCUT2D eigenvalue weighted by molar-refractivity contribution is 6.51. The fourth-order valence-electron chi connectivity index (χ4n) is 3.75. The summed E-state index contributed by atoms with van der Waals surface area (Å²) >= 11 is 0. The van der Waals surface area contributed by atoms with Crippen LogP contribution in [0.2, 0.25) is 0 Å². The normalized spacial score (nSPS) is 17.7. The molecule has 7 heteroatoms. The molecule has 3 aromatic carbocycles. The quantitative estimate of drug-likeness (QED) is 0.222. The van der Waals surface area contributed by atoms with Gasteiger partial charge in [0, 0.05) is 23.4 Å². The van der Waals surface area contributed by atoms with Gasteiger partial charge in [-0.3, -0.25) is 24.6 Å². The third-order valence-corrected chi connectivity index (χ3v) is 5.17. The van der Waals surface area contributed by atoms with Gasteiger partial charge in [-0.1, -0.05) is 54.6 Å². The second kappa shape index (κ2) is 7.87. The standard InChI is InChI=1S/C24H18N2O5/c1-15-7-5-11-18(13-15)25-21(17-10-6-12-19(14-17)26(30)31)20(23(28)24(25)29)22(27)16-8-3-2-4-9-16/h2-14,21,27H,1H3/b22-20-. The van der Waals surface area contributed by atoms with Crippen LogP contribution in [0.4, 0.5) is 11.4 Å². The maximum Gasteiger partial charge on any atom is 0.300 e. The van der Waals surface area contributed by atoms with Crippen LogP contribution in [-0.2, 0) is 9.59 Å². The van der Waals surface area contributed by atoms with Gasteiger partial charge in [-0.05, 0) is 30.2 Å². The molecular formula is C24H18N2O5. The monoisotopic (exact) mass is 414 g/mol. The summed E-state index contributed by atoms with van der Waals surface area (Å²) in [6.07, 6.45) is 0. The molecular weight excluding hydrogens is 396 g/mol. The number of rotatable bonds is 4. The summed E-state index contributed by atoms with van der Waals surface area (Å²) in [5.74, 6) is -1.98. The zero-order chi connectivity index (χ0) is 22.1. The molecule has 4 rings (SSSR count). The number of nitro groups is 1. The Balaban J connectivity index is 1.98. The number of hydrogen-bond acceptors (Lipinski definition) is 5. The molecule has 1 N–H and O–H groups in total. The number of carbonyl (C=O) groups excluding carboxylic acids is 2. The molecule has 0 aromatic heterocycles. The van der Waals surface area contributed by atoms with Crippen molar-refractivity contribution in [3.63, 3.8) is 0 Å². The van der Waals surface area contributed by atoms with E-state index in [-0.39, 0.29) is 17.0 Å². The van der Waals surface area contributed by atoms with Crippen LogP contribution in [0.3, 0.4) is 0 Å². The van der Waals surface area contributed by atoms with E-state index in [1.807, 2.05) is 13.0 Å². The minimum absolute atomic E-state index is 0.113. The SMILES string of the molecule is Cc1cccc(N2C(=O)C(=O)/C(=C(\O)c3ccccc3)C2c2cccc([N+](=O)[O-])c2)c1. The molecule has 1 aliphatic heterocycles. The van der Waals surface area contributed by atoms with Gasteiger partial charge in [-0.2, -0.15) is 0 Å². The smallest absolute Gasteiger partial charge is 0.300 e. The Morgan fingerprint density at radius 1 is 0.968 bits per heavy atom. The van der Waals surface area contributed by atoms with Gasteiger partial charge in [-0.25, -0.2) is 0 Å². The fourth-order valence-corrected chi connectivity index (χ4v) is 3.75. The number of carbonyl (C=O) groups is 2. The van der Waals surface area contributed by atoms with Crippen molar-refractivity contribution in [2.45, 2.75) is 13.0 Å². The largest absolute Gasteiger partial charge is 0.507 e. The molecule has 1 amide bonds. The van der Waals surface area contributed by atoms with Crippen LogP contribution in [0.5, 0.6) is 0 Å². The minimum atomic E-state index is -1.01. The van der Waals surface area contributed by atoms with E-state index < -0.39 is 22.7 Å². The highest BCUT2D eigenvalue weighted by Gasteiger charge is 2.47. The van der Waals surface area contributed by atoms with Crippen molar-refractivity contribution in [3.8, 4) is 0 Å². The zero-order valence-corrected chi connectivity index (χ0v) is 16.6. The van der Waals surface area contributed by atoms with Crippen molar-refractivity contribution in [1.82, 2.24) is 0 Å². The van der Waals surface area contributed by atoms with E-state index in [2.05, 4.69) is 0 Å². The summed E-state index contributed by atoms with van der Waals surface area (Å²) in [6.45, 7) is 1.85. The van der Waals surface area contributed by atoms with E-state index in [4.69, 9.17) is 0 Å². The minimum Gasteiger partial charge on any atom is -0.507 e. The lowest BCUT2D eigenvalue weighted by atomic mass is 9.94. The lowest BCUT2D eigenvalue weighted by molar-refractivity contribution is -0.384. The predicted octanol–water partition coefficient (Wildman–Crippen LogP) is 4.53. The zero-order valence-electron chi connectivity index (χ0n) is 16.6. The van der Waals surface area contributed by atoms with Crippen molar-refractivity contribution >= 4 is 28.8 Å². The van der Waals surface area contributed by atoms with Gasteiger partial charge in [0.15, 0.2) is 0 Å². The Bertz CT molecular complexity index is 1230. The number of non-ortho nitro benzene ring substituents is 1. The van der Waals surface area contributed by atoms with Crippen LogP contribution in [0.1, 0.15) is 22.7 Å². The lowest BCUT2D eigenvalue weighted by Crippen LogP contribution is -2.29. The van der Waals surface area contributed by atoms with Crippen molar-refractivity contribution in [1.29, 1.82) is 0 Å². The van der Waals surface area contributed by atoms with Gasteiger partial charge in [0.25, 0.3) is 17.4 Å². The number of aliphatic hydroxyl groups is 1. The number of nitro benzene ring substituents is 1. The maximum absolute atomic E-state index is 13.1. The van der Waals surface area contributed by atoms with E-state index in [0.717, 1.165) is 5.56 Å². The Kier molecular flexibility index (Phi) is 5.09. The first kappa shape index (κ1) is 20.0. The first-order valence-electron chi connectivity index (χ1n) is 9.56. The first-order chi connectivity index (χ1) is 14.9. The van der Waals surface area contributed by atoms with Crippen LogP contribution in [0.25, 0.3) is 5.76 Å². The van der Waals surface area contributed by atoms with Crippen LogP contribution in [0.15, 0.2) is 84.4 Å². The first-order valence-corrected chi connectivity index (χ1v) is 9.56. The number of aliphatic hydroxyl groups excluding tert-OH is 1. The highest BCUT2D eigenvalue weighted by atomic mass is 16.6. The molecule has 0 spiro atoms. The molecule has 31 heavy (non-hydrogen) atoms. The number of benzene rings is 3. The number of nitrogens with zero attached hydrogens (tertiary/aromatic N) is 2. The third kappa shape index (κ3) is 3.57. The predicted molar refractivity (Wildman–Crippen MR) is 116 cm³/mol. The Hall–Kier alpha value is -4.26. The van der Waals surface area contributed by atoms with Crippen molar-refractivity contribution < 1.29 is 19.6 Å². The van der Waals surface area contributed by atoms with Gasteiger partial charge in [-0.15, -0.1) is 0 Å². The summed E-state index contributed by atoms with van der Waals surface area (Å²) in [4.78, 5) is 38.2. The number of aryl methyl sites for hydroxylation is 1. The van der Waals surface area contributed by atoms with E-state index in [1.165, 1.54) is 23.1 Å².